The zero-order chi connectivity index (χ0) is 12.8. The second-order valence-corrected chi connectivity index (χ2v) is 3.99. The van der Waals surface area contributed by atoms with Crippen LogP contribution in [0.25, 0.3) is 0 Å². The van der Waals surface area contributed by atoms with Gasteiger partial charge >= 0.3 is 0 Å². The number of anilines is 1. The fourth-order valence-electron chi connectivity index (χ4n) is 1.44. The van der Waals surface area contributed by atoms with Crippen LogP contribution >= 0.6 is 11.6 Å². The predicted molar refractivity (Wildman–Crippen MR) is 66.1 cm³/mol. The molecule has 90 valence electrons. The Labute approximate surface area is 105 Å². The van der Waals surface area contributed by atoms with Crippen molar-refractivity contribution >= 4 is 23.6 Å². The Morgan fingerprint density at radius 3 is 2.88 bits per heavy atom. The minimum atomic E-state index is -0.456. The van der Waals surface area contributed by atoms with Gasteiger partial charge in [0.25, 0.3) is 0 Å². The van der Waals surface area contributed by atoms with E-state index in [1.165, 1.54) is 0 Å². The third-order valence-corrected chi connectivity index (χ3v) is 2.94. The normalized spacial score (nSPS) is 11.6. The summed E-state index contributed by atoms with van der Waals surface area (Å²) in [6.45, 7) is 1.70. The topological polar surface area (TPSA) is 73.1 Å². The molecule has 0 heterocycles. The molecule has 5 heteroatoms. The van der Waals surface area contributed by atoms with Crippen molar-refractivity contribution in [1.29, 1.82) is 5.26 Å². The van der Waals surface area contributed by atoms with Crippen LogP contribution in [-0.2, 0) is 4.79 Å². The molecular formula is C12H13ClN2O2. The molecule has 0 fully saturated rings. The number of carbonyl (C=O) groups excluding carboxylic acids is 1. The molecule has 0 unspecified atom stereocenters. The average molecular weight is 253 g/mol. The molecular weight excluding hydrogens is 240 g/mol. The lowest BCUT2D eigenvalue weighted by Gasteiger charge is -2.16. The molecule has 1 atom stereocenters. The molecule has 0 radical (unpaired) electrons. The van der Waals surface area contributed by atoms with E-state index >= 15 is 0 Å². The molecule has 0 amide bonds. The number of aliphatic hydroxyl groups is 1. The number of halogens is 1. The van der Waals surface area contributed by atoms with Crippen molar-refractivity contribution < 1.29 is 9.90 Å². The highest BCUT2D eigenvalue weighted by atomic mass is 35.5. The SMILES string of the molecule is Cc1c(N[C@@H](C=O)CCO)ccc(C#N)c1Cl. The van der Waals surface area contributed by atoms with E-state index in [0.29, 0.717) is 22.7 Å². The van der Waals surface area contributed by atoms with Gasteiger partial charge in [-0.25, -0.2) is 0 Å². The molecule has 17 heavy (non-hydrogen) atoms. The van der Waals surface area contributed by atoms with Crippen molar-refractivity contribution in [2.75, 3.05) is 11.9 Å². The Morgan fingerprint density at radius 2 is 2.35 bits per heavy atom. The molecule has 0 saturated heterocycles. The summed E-state index contributed by atoms with van der Waals surface area (Å²) in [5, 5.41) is 20.9. The number of aldehydes is 1. The monoisotopic (exact) mass is 252 g/mol. The molecule has 0 spiro atoms. The summed E-state index contributed by atoms with van der Waals surface area (Å²) < 4.78 is 0. The van der Waals surface area contributed by atoms with Crippen LogP contribution < -0.4 is 5.32 Å². The lowest BCUT2D eigenvalue weighted by molar-refractivity contribution is -0.108. The fraction of sp³-hybridized carbons (Fsp3) is 0.333. The largest absolute Gasteiger partial charge is 0.396 e. The Kier molecular flexibility index (Phi) is 4.95. The van der Waals surface area contributed by atoms with Crippen molar-refractivity contribution in [3.63, 3.8) is 0 Å². The number of nitriles is 1. The first kappa shape index (κ1) is 13.5. The van der Waals surface area contributed by atoms with Gasteiger partial charge in [-0.1, -0.05) is 11.6 Å². The number of rotatable bonds is 5. The Hall–Kier alpha value is -1.57. The quantitative estimate of drug-likeness (QED) is 0.785. The summed E-state index contributed by atoms with van der Waals surface area (Å²) in [6, 6.07) is 4.83. The van der Waals surface area contributed by atoms with Gasteiger partial charge in [-0.15, -0.1) is 0 Å². The molecule has 4 nitrogen and oxygen atoms in total. The average Bonchev–Trinajstić information content (AvgIpc) is 2.34. The number of hydrogen-bond acceptors (Lipinski definition) is 4. The molecule has 0 aliphatic rings. The Balaban J connectivity index is 2.96. The van der Waals surface area contributed by atoms with Crippen molar-refractivity contribution in [2.45, 2.75) is 19.4 Å². The summed E-state index contributed by atoms with van der Waals surface area (Å²) in [6.07, 6.45) is 1.07. The first-order valence-corrected chi connectivity index (χ1v) is 5.53. The Morgan fingerprint density at radius 1 is 1.65 bits per heavy atom. The van der Waals surface area contributed by atoms with Gasteiger partial charge in [0.2, 0.25) is 0 Å². The Bertz CT molecular complexity index is 455. The van der Waals surface area contributed by atoms with Crippen LogP contribution in [-0.4, -0.2) is 24.0 Å². The van der Waals surface area contributed by atoms with E-state index in [2.05, 4.69) is 5.32 Å². The van der Waals surface area contributed by atoms with E-state index in [4.69, 9.17) is 22.0 Å². The maximum Gasteiger partial charge on any atom is 0.142 e. The first-order chi connectivity index (χ1) is 8.13. The van der Waals surface area contributed by atoms with Gasteiger partial charge in [0.05, 0.1) is 16.6 Å². The highest BCUT2D eigenvalue weighted by molar-refractivity contribution is 6.32. The maximum absolute atomic E-state index is 10.8. The number of carbonyl (C=O) groups is 1. The van der Waals surface area contributed by atoms with Crippen LogP contribution in [0.2, 0.25) is 5.02 Å². The van der Waals surface area contributed by atoms with Gasteiger partial charge in [-0.2, -0.15) is 5.26 Å². The zero-order valence-corrected chi connectivity index (χ0v) is 10.2. The van der Waals surface area contributed by atoms with E-state index in [1.807, 2.05) is 6.07 Å². The van der Waals surface area contributed by atoms with Gasteiger partial charge < -0.3 is 15.2 Å². The van der Waals surface area contributed by atoms with Crippen LogP contribution in [0, 0.1) is 18.3 Å². The smallest absolute Gasteiger partial charge is 0.142 e. The minimum Gasteiger partial charge on any atom is -0.396 e. The maximum atomic E-state index is 10.8. The molecule has 0 saturated carbocycles. The molecule has 1 aromatic rings. The van der Waals surface area contributed by atoms with E-state index < -0.39 is 6.04 Å². The number of aliphatic hydroxyl groups excluding tert-OH is 1. The summed E-state index contributed by atoms with van der Waals surface area (Å²) >= 11 is 6.00. The third-order valence-electron chi connectivity index (χ3n) is 2.45. The lowest BCUT2D eigenvalue weighted by atomic mass is 10.1. The third kappa shape index (κ3) is 3.19. The zero-order valence-electron chi connectivity index (χ0n) is 9.40. The number of benzene rings is 1. The summed E-state index contributed by atoms with van der Waals surface area (Å²) in [5.41, 5.74) is 1.81. The van der Waals surface area contributed by atoms with E-state index in [9.17, 15) is 4.79 Å². The van der Waals surface area contributed by atoms with Crippen LogP contribution in [0.3, 0.4) is 0 Å². The summed E-state index contributed by atoms with van der Waals surface area (Å²) in [7, 11) is 0. The second-order valence-electron chi connectivity index (χ2n) is 3.61. The molecule has 0 aromatic heterocycles. The molecule has 1 aromatic carbocycles. The fourth-order valence-corrected chi connectivity index (χ4v) is 1.65. The highest BCUT2D eigenvalue weighted by Crippen LogP contribution is 2.27. The first-order valence-electron chi connectivity index (χ1n) is 5.16. The van der Waals surface area contributed by atoms with Crippen molar-refractivity contribution in [3.8, 4) is 6.07 Å². The van der Waals surface area contributed by atoms with Crippen LogP contribution in [0.4, 0.5) is 5.69 Å². The van der Waals surface area contributed by atoms with Crippen LogP contribution in [0.15, 0.2) is 12.1 Å². The van der Waals surface area contributed by atoms with E-state index in [-0.39, 0.29) is 6.61 Å². The van der Waals surface area contributed by atoms with Crippen LogP contribution in [0.5, 0.6) is 0 Å². The van der Waals surface area contributed by atoms with Crippen molar-refractivity contribution in [2.24, 2.45) is 0 Å². The van der Waals surface area contributed by atoms with Gasteiger partial charge in [0, 0.05) is 12.3 Å². The van der Waals surface area contributed by atoms with Gasteiger partial charge in [-0.05, 0) is 31.0 Å². The minimum absolute atomic E-state index is 0.0700. The van der Waals surface area contributed by atoms with Crippen molar-refractivity contribution in [3.05, 3.63) is 28.3 Å². The lowest BCUT2D eigenvalue weighted by Crippen LogP contribution is -2.22. The summed E-state index contributed by atoms with van der Waals surface area (Å²) in [4.78, 5) is 10.8. The molecule has 1 rings (SSSR count). The molecule has 0 aliphatic carbocycles. The molecule has 0 aliphatic heterocycles. The van der Waals surface area contributed by atoms with Crippen molar-refractivity contribution in [1.82, 2.24) is 0 Å². The molecule has 2 N–H and O–H groups in total. The highest BCUT2D eigenvalue weighted by Gasteiger charge is 2.11. The second kappa shape index (κ2) is 6.24. The molecule has 0 bridgehead atoms. The number of hydrogen-bond donors (Lipinski definition) is 2. The van der Waals surface area contributed by atoms with Gasteiger partial charge in [-0.3, -0.25) is 0 Å². The van der Waals surface area contributed by atoms with E-state index in [0.717, 1.165) is 11.8 Å². The van der Waals surface area contributed by atoms with Gasteiger partial charge in [0.15, 0.2) is 0 Å². The predicted octanol–water partition coefficient (Wildman–Crippen LogP) is 1.88. The van der Waals surface area contributed by atoms with Gasteiger partial charge in [0.1, 0.15) is 12.4 Å². The number of nitrogens with one attached hydrogen (secondary N) is 1. The number of nitrogens with zero attached hydrogens (tertiary/aromatic N) is 1. The van der Waals surface area contributed by atoms with Crippen LogP contribution in [0.1, 0.15) is 17.5 Å². The van der Waals surface area contributed by atoms with E-state index in [1.54, 1.807) is 19.1 Å². The standard InChI is InChI=1S/C12H13ClN2O2/c1-8-11(15-10(7-17)4-5-16)3-2-9(6-14)12(8)13/h2-3,7,10,15-16H,4-5H2,1H3/t10-/m1/s1. The summed E-state index contributed by atoms with van der Waals surface area (Å²) in [5.74, 6) is 0.